The van der Waals surface area contributed by atoms with Gasteiger partial charge >= 0.3 is 6.92 Å². The fourth-order valence-electron chi connectivity index (χ4n) is 7.69. The molecule has 3 nitrogen and oxygen atoms in total. The first-order valence-electron chi connectivity index (χ1n) is 25.3. The Bertz CT molecular complexity index is 3650. The molecule has 8 aromatic carbocycles. The van der Waals surface area contributed by atoms with Crippen LogP contribution in [-0.4, -0.2) is 19.6 Å². The maximum atomic E-state index is 10.4. The third-order valence-corrected chi connectivity index (χ3v) is 14.5. The lowest BCUT2D eigenvalue weighted by molar-refractivity contribution is 0.479. The maximum absolute atomic E-state index is 10.4. The van der Waals surface area contributed by atoms with E-state index in [-0.39, 0.29) is 49.8 Å². The van der Waals surface area contributed by atoms with Crippen LogP contribution in [0.2, 0.25) is 0 Å². The number of ether oxygens (including phenoxy) is 1. The highest BCUT2D eigenvalue weighted by molar-refractivity contribution is 7.20. The van der Waals surface area contributed by atoms with Crippen LogP contribution in [0.15, 0.2) is 194 Å². The van der Waals surface area contributed by atoms with E-state index in [0.29, 0.717) is 0 Å². The lowest BCUT2D eigenvalue weighted by Crippen LogP contribution is -2.74. The van der Waals surface area contributed by atoms with Crippen LogP contribution >= 0.6 is 0 Å². The minimum Gasteiger partial charge on any atom is -0.551 e. The van der Waals surface area contributed by atoms with Crippen molar-refractivity contribution in [2.75, 3.05) is 0 Å². The van der Waals surface area contributed by atoms with Crippen LogP contribution in [-0.2, 0) is 0 Å². The summed E-state index contributed by atoms with van der Waals surface area (Å²) in [4.78, 5) is 0. The van der Waals surface area contributed by atoms with E-state index >= 15 is 0 Å². The first-order chi connectivity index (χ1) is 33.4. The number of nitrogens with zero attached hydrogens (tertiary/aromatic N) is 1. The summed E-state index contributed by atoms with van der Waals surface area (Å²) in [5.74, 6) is -1.26. The van der Waals surface area contributed by atoms with Crippen LogP contribution in [0.4, 0.5) is 0 Å². The molecule has 0 N–H and O–H groups in total. The molecule has 9 aromatic rings. The summed E-state index contributed by atoms with van der Waals surface area (Å²) in [5, 5.41) is 1.71. The molecule has 11 rings (SSSR count). The number of fused-ring (bicyclic) bond motifs is 7. The van der Waals surface area contributed by atoms with Crippen molar-refractivity contribution in [3.63, 3.8) is 0 Å². The van der Waals surface area contributed by atoms with E-state index in [0.717, 1.165) is 20.1 Å². The van der Waals surface area contributed by atoms with E-state index in [2.05, 4.69) is 0 Å². The Morgan fingerprint density at radius 2 is 1.06 bits per heavy atom. The molecule has 1 aromatic heterocycles. The second-order valence-corrected chi connectivity index (χ2v) is 16.4. The fraction of sp³-hybridized carbons (Fsp3) is 0. The van der Waals surface area contributed by atoms with Crippen LogP contribution in [0.25, 0.3) is 38.6 Å². The third-order valence-electron chi connectivity index (χ3n) is 9.91. The Hall–Kier alpha value is -6.56. The summed E-state index contributed by atoms with van der Waals surface area (Å²) >= 11 is 0. The van der Waals surface area contributed by atoms with Crippen molar-refractivity contribution in [2.45, 2.75) is 0 Å². The molecular weight excluding hydrogens is 661 g/mol. The van der Waals surface area contributed by atoms with E-state index < -0.39 is 140 Å². The van der Waals surface area contributed by atoms with Gasteiger partial charge in [0.2, 0.25) is 0 Å². The van der Waals surface area contributed by atoms with Gasteiger partial charge in [-0.3, -0.25) is 0 Å². The number of hydrogen-bond acceptors (Lipinski definition) is 2. The smallest absolute Gasteiger partial charge is 0.434 e. The molecule has 0 saturated carbocycles. The molecule has 0 aliphatic carbocycles. The molecule has 0 amide bonds. The lowest BCUT2D eigenvalue weighted by atomic mass is 9.51. The van der Waals surface area contributed by atoms with Crippen molar-refractivity contribution in [1.29, 1.82) is 0 Å². The van der Waals surface area contributed by atoms with Gasteiger partial charge in [-0.05, 0) is 56.5 Å². The Morgan fingerprint density at radius 3 is 1.68 bits per heavy atom. The van der Waals surface area contributed by atoms with Crippen molar-refractivity contribution >= 4 is 68.5 Å². The van der Waals surface area contributed by atoms with Gasteiger partial charge in [-0.15, -0.1) is 0 Å². The van der Waals surface area contributed by atoms with Gasteiger partial charge in [0.25, 0.3) is 0 Å². The number of rotatable bonds is 5. The molecule has 0 fully saturated rings. The molecule has 2 aliphatic rings. The van der Waals surface area contributed by atoms with Crippen molar-refractivity contribution in [1.82, 2.24) is 4.57 Å². The van der Waals surface area contributed by atoms with Gasteiger partial charge in [0.15, 0.2) is 8.07 Å². The van der Waals surface area contributed by atoms with Crippen LogP contribution in [0.3, 0.4) is 0 Å². The van der Waals surface area contributed by atoms with Gasteiger partial charge in [-0.1, -0.05) is 157 Å². The zero-order valence-electron chi connectivity index (χ0n) is 44.5. The van der Waals surface area contributed by atoms with Crippen LogP contribution in [0, 0.1) is 0 Å². The zero-order chi connectivity index (χ0) is 49.7. The first-order valence-corrected chi connectivity index (χ1v) is 18.8. The molecule has 0 spiro atoms. The SMILES string of the molecule is [2H]c1c([2H])c([2H])c2c(c1[2H])Oc1c([2H])c(-n3c4c([2H])c([2H])c([2H])c([2H])c4c4c([2H])c([2H])c([2H])c([2H])c43)c([2H])c3c1B2Oc1c([2H])c([Si](c2ccccc2)(c2ccccc2)c2ccccc2)c([2H])c([2H])c1-3. The summed E-state index contributed by atoms with van der Waals surface area (Å²) in [6.07, 6.45) is 0. The molecule has 248 valence electrons. The van der Waals surface area contributed by atoms with Gasteiger partial charge in [0.05, 0.1) is 40.0 Å². The molecule has 0 bridgehead atoms. The molecular formula is C48H32BNO2Si. The highest BCUT2D eigenvalue weighted by atomic mass is 28.3. The quantitative estimate of drug-likeness (QED) is 0.137. The molecule has 2 aliphatic heterocycles. The average molecular weight is 711 g/mol. The van der Waals surface area contributed by atoms with E-state index in [1.165, 1.54) is 0 Å². The van der Waals surface area contributed by atoms with Crippen LogP contribution < -0.4 is 41.1 Å². The number of aromatic nitrogens is 1. The minimum absolute atomic E-state index is 0.129. The Morgan fingerprint density at radius 1 is 0.491 bits per heavy atom. The highest BCUT2D eigenvalue weighted by Gasteiger charge is 2.44. The molecule has 0 atom stereocenters. The Balaban J connectivity index is 1.36. The van der Waals surface area contributed by atoms with Crippen molar-refractivity contribution in [2.24, 2.45) is 0 Å². The van der Waals surface area contributed by atoms with E-state index in [4.69, 9.17) is 21.7 Å². The van der Waals surface area contributed by atoms with Gasteiger partial charge in [0.1, 0.15) is 17.2 Å². The molecule has 53 heavy (non-hydrogen) atoms. The maximum Gasteiger partial charge on any atom is 0.434 e. The predicted molar refractivity (Wildman–Crippen MR) is 222 cm³/mol. The fourth-order valence-corrected chi connectivity index (χ4v) is 12.2. The summed E-state index contributed by atoms with van der Waals surface area (Å²) in [6, 6.07) is 17.1. The first kappa shape index (κ1) is 17.8. The van der Waals surface area contributed by atoms with E-state index in [1.807, 2.05) is 91.0 Å². The molecule has 5 heteroatoms. The molecule has 3 heterocycles. The number of hydrogen-bond donors (Lipinski definition) is 0. The van der Waals surface area contributed by atoms with E-state index in [9.17, 15) is 11.0 Å². The average Bonchev–Trinajstić information content (AvgIpc) is 3.73. The molecule has 0 saturated heterocycles. The van der Waals surface area contributed by atoms with Crippen LogP contribution in [0.1, 0.15) is 23.3 Å². The lowest BCUT2D eigenvalue weighted by Gasteiger charge is -2.37. The predicted octanol–water partition coefficient (Wildman–Crippen LogP) is 7.43. The van der Waals surface area contributed by atoms with Crippen molar-refractivity contribution in [3.05, 3.63) is 194 Å². The van der Waals surface area contributed by atoms with Crippen molar-refractivity contribution < 1.29 is 32.7 Å². The number of para-hydroxylation sites is 3. The van der Waals surface area contributed by atoms with Crippen LogP contribution in [0.5, 0.6) is 17.2 Å². The summed E-state index contributed by atoms with van der Waals surface area (Å²) in [6.45, 7) is -1.63. The topological polar surface area (TPSA) is 23.4 Å². The minimum atomic E-state index is -3.84. The normalized spacial score (nSPS) is 17.3. The van der Waals surface area contributed by atoms with Gasteiger partial charge < -0.3 is 14.0 Å². The number of benzene rings is 8. The summed E-state index contributed by atoms with van der Waals surface area (Å²) in [5.41, 5.74) is -2.35. The summed E-state index contributed by atoms with van der Waals surface area (Å²) < 4.78 is 171. The third kappa shape index (κ3) is 4.41. The van der Waals surface area contributed by atoms with Gasteiger partial charge in [0, 0.05) is 33.3 Å². The van der Waals surface area contributed by atoms with Gasteiger partial charge in [-0.2, -0.15) is 0 Å². The van der Waals surface area contributed by atoms with Gasteiger partial charge in [-0.25, -0.2) is 0 Å². The standard InChI is InChI=1S/C48H32BNO2Si/c1-4-16-34(17-5-1)53(35-18-6-2-7-19-35,36-20-8-3-9-21-36)37-28-29-40-41-30-33(50-43-25-13-10-22-38(43)39-23-11-14-26-44(39)50)31-47-48(41)49(52-46(40)32-37)42-24-12-15-27-45(42)51-47/h1-32H/i10D,11D,12D,13D,14D,15D,22D,23D,24D,25D,26D,27D,28D,29D,30D,31D,32D. The highest BCUT2D eigenvalue weighted by Crippen LogP contribution is 2.42. The molecule has 0 radical (unpaired) electrons. The Kier molecular flexibility index (Phi) is 3.94. The largest absolute Gasteiger partial charge is 0.551 e. The Labute approximate surface area is 333 Å². The second-order valence-electron chi connectivity index (χ2n) is 12.6. The van der Waals surface area contributed by atoms with E-state index in [1.54, 1.807) is 0 Å². The van der Waals surface area contributed by atoms with Crippen molar-refractivity contribution in [3.8, 4) is 34.1 Å². The monoisotopic (exact) mass is 710 g/mol. The molecule has 0 unspecified atom stereocenters. The second kappa shape index (κ2) is 11.7. The summed E-state index contributed by atoms with van der Waals surface area (Å²) in [7, 11) is -3.84. The zero-order valence-corrected chi connectivity index (χ0v) is 28.5.